The Morgan fingerprint density at radius 1 is 1.28 bits per heavy atom. The summed E-state index contributed by atoms with van der Waals surface area (Å²) in [5, 5.41) is 0. The largest absolute Gasteiger partial charge is 0.324 e. The summed E-state index contributed by atoms with van der Waals surface area (Å²) >= 11 is 3.44. The Morgan fingerprint density at radius 3 is 2.33 bits per heavy atom. The number of benzene rings is 1. The second-order valence-electron chi connectivity index (χ2n) is 5.53. The van der Waals surface area contributed by atoms with Gasteiger partial charge in [-0.05, 0) is 51.4 Å². The summed E-state index contributed by atoms with van der Waals surface area (Å²) in [6.07, 6.45) is 2.14. The molecule has 1 rings (SSSR count). The van der Waals surface area contributed by atoms with Crippen LogP contribution in [-0.4, -0.2) is 24.0 Å². The van der Waals surface area contributed by atoms with Gasteiger partial charge in [-0.2, -0.15) is 0 Å². The first kappa shape index (κ1) is 15.7. The van der Waals surface area contributed by atoms with Gasteiger partial charge in [-0.25, -0.2) is 0 Å². The van der Waals surface area contributed by atoms with Crippen molar-refractivity contribution in [3.8, 4) is 0 Å². The van der Waals surface area contributed by atoms with Gasteiger partial charge in [-0.3, -0.25) is 0 Å². The Balaban J connectivity index is 2.51. The van der Waals surface area contributed by atoms with Crippen LogP contribution in [0.5, 0.6) is 0 Å². The molecule has 0 saturated heterocycles. The average molecular weight is 313 g/mol. The molecule has 0 aliphatic heterocycles. The lowest BCUT2D eigenvalue weighted by Gasteiger charge is -2.35. The van der Waals surface area contributed by atoms with E-state index in [4.69, 9.17) is 5.73 Å². The Morgan fingerprint density at radius 2 is 1.83 bits per heavy atom. The maximum Gasteiger partial charge on any atom is 0.0307 e. The Kier molecular flexibility index (Phi) is 5.83. The van der Waals surface area contributed by atoms with Crippen LogP contribution in [0.15, 0.2) is 28.7 Å². The lowest BCUT2D eigenvalue weighted by Crippen LogP contribution is -2.41. The van der Waals surface area contributed by atoms with Crippen LogP contribution in [0.3, 0.4) is 0 Å². The van der Waals surface area contributed by atoms with E-state index in [9.17, 15) is 0 Å². The van der Waals surface area contributed by atoms with Gasteiger partial charge in [-0.1, -0.05) is 35.0 Å². The normalized spacial score (nSPS) is 13.9. The predicted octanol–water partition coefficient (Wildman–Crippen LogP) is 3.96. The lowest BCUT2D eigenvalue weighted by molar-refractivity contribution is 0.146. The van der Waals surface area contributed by atoms with E-state index < -0.39 is 0 Å². The maximum atomic E-state index is 6.24. The maximum absolute atomic E-state index is 6.24. The van der Waals surface area contributed by atoms with Crippen molar-refractivity contribution in [3.63, 3.8) is 0 Å². The fourth-order valence-electron chi connectivity index (χ4n) is 1.78. The van der Waals surface area contributed by atoms with Crippen LogP contribution in [0, 0.1) is 0 Å². The highest BCUT2D eigenvalue weighted by Gasteiger charge is 2.21. The van der Waals surface area contributed by atoms with Crippen LogP contribution in [0.25, 0.3) is 0 Å². The first-order chi connectivity index (χ1) is 8.36. The Hall–Kier alpha value is -0.380. The molecule has 1 aromatic carbocycles. The van der Waals surface area contributed by atoms with Crippen molar-refractivity contribution in [1.82, 2.24) is 4.90 Å². The molecule has 1 unspecified atom stereocenters. The minimum atomic E-state index is 0.119. The molecule has 1 atom stereocenters. The van der Waals surface area contributed by atoms with Crippen LogP contribution < -0.4 is 5.73 Å². The SMILES string of the molecule is CCC(C)(C)N(C)CCC(N)c1ccc(Br)cc1. The van der Waals surface area contributed by atoms with Crippen molar-refractivity contribution in [2.24, 2.45) is 5.73 Å². The van der Waals surface area contributed by atoms with Crippen LogP contribution in [0.1, 0.15) is 45.2 Å². The van der Waals surface area contributed by atoms with E-state index in [1.54, 1.807) is 0 Å². The average Bonchev–Trinajstić information content (AvgIpc) is 2.36. The van der Waals surface area contributed by atoms with E-state index in [-0.39, 0.29) is 11.6 Å². The van der Waals surface area contributed by atoms with Crippen LogP contribution in [0.2, 0.25) is 0 Å². The Bertz CT molecular complexity index is 359. The van der Waals surface area contributed by atoms with Gasteiger partial charge in [0.05, 0.1) is 0 Å². The van der Waals surface area contributed by atoms with Gasteiger partial charge in [0.25, 0.3) is 0 Å². The van der Waals surface area contributed by atoms with Crippen LogP contribution in [-0.2, 0) is 0 Å². The monoisotopic (exact) mass is 312 g/mol. The molecule has 0 heterocycles. The first-order valence-corrected chi connectivity index (χ1v) is 7.38. The summed E-state index contributed by atoms with van der Waals surface area (Å²) in [6.45, 7) is 7.81. The van der Waals surface area contributed by atoms with E-state index in [0.29, 0.717) is 0 Å². The summed E-state index contributed by atoms with van der Waals surface area (Å²) in [5.74, 6) is 0. The number of hydrogen-bond donors (Lipinski definition) is 1. The summed E-state index contributed by atoms with van der Waals surface area (Å²) in [7, 11) is 2.18. The van der Waals surface area contributed by atoms with E-state index in [1.807, 2.05) is 0 Å². The number of halogens is 1. The van der Waals surface area contributed by atoms with E-state index in [2.05, 4.69) is 72.9 Å². The summed E-state index contributed by atoms with van der Waals surface area (Å²) in [5.41, 5.74) is 7.69. The van der Waals surface area contributed by atoms with Crippen molar-refractivity contribution in [2.75, 3.05) is 13.6 Å². The number of rotatable bonds is 6. The fraction of sp³-hybridized carbons (Fsp3) is 0.600. The lowest BCUT2D eigenvalue weighted by atomic mass is 9.98. The van der Waals surface area contributed by atoms with Gasteiger partial charge < -0.3 is 10.6 Å². The molecule has 0 aliphatic rings. The molecule has 0 amide bonds. The smallest absolute Gasteiger partial charge is 0.0307 e. The van der Waals surface area contributed by atoms with Gasteiger partial charge in [0.15, 0.2) is 0 Å². The molecule has 0 fully saturated rings. The molecule has 18 heavy (non-hydrogen) atoms. The van der Waals surface area contributed by atoms with Gasteiger partial charge in [0.1, 0.15) is 0 Å². The predicted molar refractivity (Wildman–Crippen MR) is 82.7 cm³/mol. The second-order valence-corrected chi connectivity index (χ2v) is 6.45. The molecule has 2 nitrogen and oxygen atoms in total. The summed E-state index contributed by atoms with van der Waals surface area (Å²) in [6, 6.07) is 8.41. The zero-order valence-electron chi connectivity index (χ0n) is 11.9. The zero-order chi connectivity index (χ0) is 13.8. The molecule has 0 bridgehead atoms. The van der Waals surface area contributed by atoms with Crippen molar-refractivity contribution >= 4 is 15.9 Å². The number of nitrogens with zero attached hydrogens (tertiary/aromatic N) is 1. The highest BCUT2D eigenvalue weighted by Crippen LogP contribution is 2.21. The van der Waals surface area contributed by atoms with Crippen molar-refractivity contribution < 1.29 is 0 Å². The quantitative estimate of drug-likeness (QED) is 0.861. The molecular formula is C15H25BrN2. The first-order valence-electron chi connectivity index (χ1n) is 6.59. The minimum Gasteiger partial charge on any atom is -0.324 e. The molecule has 2 N–H and O–H groups in total. The zero-order valence-corrected chi connectivity index (χ0v) is 13.5. The van der Waals surface area contributed by atoms with E-state index in [1.165, 1.54) is 5.56 Å². The van der Waals surface area contributed by atoms with Crippen molar-refractivity contribution in [3.05, 3.63) is 34.3 Å². The fourth-order valence-corrected chi connectivity index (χ4v) is 2.05. The molecule has 0 radical (unpaired) electrons. The standard InChI is InChI=1S/C15H25BrN2/c1-5-15(2,3)18(4)11-10-14(17)12-6-8-13(16)9-7-12/h6-9,14H,5,10-11,17H2,1-4H3. The topological polar surface area (TPSA) is 29.3 Å². The Labute approximate surface area is 120 Å². The molecule has 1 aromatic rings. The second kappa shape index (κ2) is 6.69. The third kappa shape index (κ3) is 4.38. The molecule has 0 aromatic heterocycles. The number of nitrogens with two attached hydrogens (primary N) is 1. The molecule has 3 heteroatoms. The van der Waals surface area contributed by atoms with E-state index >= 15 is 0 Å². The van der Waals surface area contributed by atoms with Gasteiger partial charge in [-0.15, -0.1) is 0 Å². The van der Waals surface area contributed by atoms with Crippen LogP contribution in [0.4, 0.5) is 0 Å². The number of hydrogen-bond acceptors (Lipinski definition) is 2. The van der Waals surface area contributed by atoms with Crippen molar-refractivity contribution in [2.45, 2.75) is 45.2 Å². The summed E-state index contributed by atoms with van der Waals surface area (Å²) in [4.78, 5) is 2.39. The van der Waals surface area contributed by atoms with Gasteiger partial charge in [0, 0.05) is 22.6 Å². The molecule has 102 valence electrons. The summed E-state index contributed by atoms with van der Waals surface area (Å²) < 4.78 is 1.10. The van der Waals surface area contributed by atoms with E-state index in [0.717, 1.165) is 23.9 Å². The van der Waals surface area contributed by atoms with Crippen LogP contribution >= 0.6 is 15.9 Å². The van der Waals surface area contributed by atoms with Crippen molar-refractivity contribution in [1.29, 1.82) is 0 Å². The molecule has 0 aliphatic carbocycles. The molecular weight excluding hydrogens is 288 g/mol. The molecule has 0 saturated carbocycles. The minimum absolute atomic E-state index is 0.119. The van der Waals surface area contributed by atoms with Gasteiger partial charge >= 0.3 is 0 Å². The highest BCUT2D eigenvalue weighted by atomic mass is 79.9. The third-order valence-electron chi connectivity index (χ3n) is 3.97. The highest BCUT2D eigenvalue weighted by molar-refractivity contribution is 9.10. The third-order valence-corrected chi connectivity index (χ3v) is 4.50. The molecule has 0 spiro atoms. The van der Waals surface area contributed by atoms with Gasteiger partial charge in [0.2, 0.25) is 0 Å².